The summed E-state index contributed by atoms with van der Waals surface area (Å²) in [6.07, 6.45) is 0.517. The van der Waals surface area contributed by atoms with Crippen molar-refractivity contribution in [1.82, 2.24) is 5.32 Å². The zero-order chi connectivity index (χ0) is 13.0. The first-order valence-corrected chi connectivity index (χ1v) is 5.66. The van der Waals surface area contributed by atoms with Crippen LogP contribution in [0.1, 0.15) is 16.8 Å². The largest absolute Gasteiger partial charge is 0.482 e. The Bertz CT molecular complexity index is 473. The van der Waals surface area contributed by atoms with Gasteiger partial charge in [0, 0.05) is 18.7 Å². The lowest BCUT2D eigenvalue weighted by Gasteiger charge is -2.18. The molecule has 1 aliphatic rings. The van der Waals surface area contributed by atoms with Crippen molar-refractivity contribution in [3.05, 3.63) is 23.8 Å². The second kappa shape index (κ2) is 5.50. The van der Waals surface area contributed by atoms with Crippen LogP contribution in [0.4, 0.5) is 5.69 Å². The summed E-state index contributed by atoms with van der Waals surface area (Å²) in [6.45, 7) is 0.423. The molecule has 6 heteroatoms. The molecule has 0 saturated carbocycles. The minimum Gasteiger partial charge on any atom is -0.482 e. The van der Waals surface area contributed by atoms with E-state index < -0.39 is 0 Å². The van der Waals surface area contributed by atoms with Crippen LogP contribution in [-0.2, 0) is 4.79 Å². The number of amides is 2. The Balaban J connectivity index is 2.06. The van der Waals surface area contributed by atoms with Crippen molar-refractivity contribution in [1.29, 1.82) is 0 Å². The van der Waals surface area contributed by atoms with Crippen LogP contribution in [0, 0.1) is 0 Å². The minimum atomic E-state index is -0.230. The van der Waals surface area contributed by atoms with Gasteiger partial charge in [-0.05, 0) is 24.6 Å². The molecule has 0 radical (unpaired) electrons. The monoisotopic (exact) mass is 250 g/mol. The molecule has 0 bridgehead atoms. The van der Waals surface area contributed by atoms with Gasteiger partial charge in [-0.25, -0.2) is 0 Å². The fourth-order valence-corrected chi connectivity index (χ4v) is 1.60. The normalized spacial score (nSPS) is 13.3. The Kier molecular flexibility index (Phi) is 3.78. The first-order valence-electron chi connectivity index (χ1n) is 5.66. The number of ether oxygens (including phenoxy) is 1. The van der Waals surface area contributed by atoms with Gasteiger partial charge in [0.05, 0.1) is 5.69 Å². The maximum Gasteiger partial charge on any atom is 0.262 e. The average molecular weight is 250 g/mol. The van der Waals surface area contributed by atoms with Gasteiger partial charge in [0.25, 0.3) is 11.8 Å². The zero-order valence-corrected chi connectivity index (χ0v) is 9.73. The molecule has 0 saturated heterocycles. The number of anilines is 1. The summed E-state index contributed by atoms with van der Waals surface area (Å²) in [4.78, 5) is 22.8. The highest BCUT2D eigenvalue weighted by Gasteiger charge is 2.17. The molecule has 2 rings (SSSR count). The van der Waals surface area contributed by atoms with Crippen molar-refractivity contribution in [2.75, 3.05) is 25.1 Å². The van der Waals surface area contributed by atoms with Gasteiger partial charge >= 0.3 is 0 Å². The maximum atomic E-state index is 11.7. The summed E-state index contributed by atoms with van der Waals surface area (Å²) in [5, 5.41) is 13.9. The van der Waals surface area contributed by atoms with Crippen LogP contribution >= 0.6 is 0 Å². The number of aliphatic hydroxyl groups is 1. The van der Waals surface area contributed by atoms with E-state index in [0.717, 1.165) is 0 Å². The molecule has 96 valence electrons. The van der Waals surface area contributed by atoms with Gasteiger partial charge in [0.15, 0.2) is 6.61 Å². The second-order valence-electron chi connectivity index (χ2n) is 3.88. The predicted octanol–water partition coefficient (Wildman–Crippen LogP) is 0.130. The highest BCUT2D eigenvalue weighted by Crippen LogP contribution is 2.28. The van der Waals surface area contributed by atoms with E-state index in [9.17, 15) is 9.59 Å². The first kappa shape index (κ1) is 12.4. The van der Waals surface area contributed by atoms with E-state index in [1.54, 1.807) is 18.2 Å². The predicted molar refractivity (Wildman–Crippen MR) is 64.6 cm³/mol. The Morgan fingerprint density at radius 3 is 3.11 bits per heavy atom. The fraction of sp³-hybridized carbons (Fsp3) is 0.333. The molecule has 0 aromatic heterocycles. The second-order valence-corrected chi connectivity index (χ2v) is 3.88. The Hall–Kier alpha value is -2.08. The number of hydrogen-bond donors (Lipinski definition) is 3. The van der Waals surface area contributed by atoms with Crippen LogP contribution in [0.25, 0.3) is 0 Å². The molecule has 18 heavy (non-hydrogen) atoms. The van der Waals surface area contributed by atoms with Gasteiger partial charge in [-0.1, -0.05) is 0 Å². The summed E-state index contributed by atoms with van der Waals surface area (Å²) in [5.74, 6) is 0.0544. The molecule has 0 fully saturated rings. The van der Waals surface area contributed by atoms with Crippen LogP contribution in [0.5, 0.6) is 5.75 Å². The smallest absolute Gasteiger partial charge is 0.262 e. The van der Waals surface area contributed by atoms with Crippen molar-refractivity contribution >= 4 is 17.5 Å². The Labute approximate surface area is 104 Å². The van der Waals surface area contributed by atoms with Crippen molar-refractivity contribution < 1.29 is 19.4 Å². The van der Waals surface area contributed by atoms with E-state index >= 15 is 0 Å². The third kappa shape index (κ3) is 2.78. The van der Waals surface area contributed by atoms with E-state index in [-0.39, 0.29) is 25.0 Å². The zero-order valence-electron chi connectivity index (χ0n) is 9.73. The molecule has 2 amide bonds. The molecule has 0 atom stereocenters. The number of fused-ring (bicyclic) bond motifs is 1. The molecular weight excluding hydrogens is 236 g/mol. The lowest BCUT2D eigenvalue weighted by atomic mass is 10.1. The topological polar surface area (TPSA) is 87.7 Å². The Morgan fingerprint density at radius 2 is 2.33 bits per heavy atom. The summed E-state index contributed by atoms with van der Waals surface area (Å²) >= 11 is 0. The molecule has 0 spiro atoms. The van der Waals surface area contributed by atoms with Gasteiger partial charge in [0.2, 0.25) is 0 Å². The van der Waals surface area contributed by atoms with Crippen molar-refractivity contribution in [3.63, 3.8) is 0 Å². The van der Waals surface area contributed by atoms with E-state index in [2.05, 4.69) is 10.6 Å². The number of hydrogen-bond acceptors (Lipinski definition) is 4. The molecular formula is C12H14N2O4. The number of nitrogens with one attached hydrogen (secondary N) is 2. The minimum absolute atomic E-state index is 0.0391. The third-order valence-corrected chi connectivity index (χ3v) is 2.50. The average Bonchev–Trinajstić information content (AvgIpc) is 2.38. The quantitative estimate of drug-likeness (QED) is 0.663. The standard InChI is InChI=1S/C12H14N2O4/c15-5-1-4-13-12(17)8-2-3-9-10(6-8)18-7-11(16)14-9/h2-3,6,15H,1,4-5,7H2,(H,13,17)(H,14,16). The maximum absolute atomic E-state index is 11.7. The molecule has 0 unspecified atom stereocenters. The van der Waals surface area contributed by atoms with E-state index in [4.69, 9.17) is 9.84 Å². The third-order valence-electron chi connectivity index (χ3n) is 2.50. The number of carbonyl (C=O) groups is 2. The van der Waals surface area contributed by atoms with Gasteiger partial charge in [-0.2, -0.15) is 0 Å². The summed E-state index contributed by atoms with van der Waals surface area (Å²) in [6, 6.07) is 4.83. The molecule has 1 aliphatic heterocycles. The lowest BCUT2D eigenvalue weighted by molar-refractivity contribution is -0.118. The fourth-order valence-electron chi connectivity index (χ4n) is 1.60. The molecule has 1 aromatic rings. The number of carbonyl (C=O) groups excluding carboxylic acids is 2. The summed E-state index contributed by atoms with van der Waals surface area (Å²) < 4.78 is 5.22. The van der Waals surface area contributed by atoms with Crippen LogP contribution in [0.2, 0.25) is 0 Å². The van der Waals surface area contributed by atoms with Crippen LogP contribution in [0.3, 0.4) is 0 Å². The van der Waals surface area contributed by atoms with Gasteiger partial charge in [-0.3, -0.25) is 9.59 Å². The molecule has 0 aliphatic carbocycles. The van der Waals surface area contributed by atoms with Gasteiger partial charge in [0.1, 0.15) is 5.75 Å². The molecule has 1 aromatic carbocycles. The van der Waals surface area contributed by atoms with E-state index in [1.165, 1.54) is 0 Å². The molecule has 1 heterocycles. The molecule has 3 N–H and O–H groups in total. The SMILES string of the molecule is O=C1COc2cc(C(=O)NCCCO)ccc2N1. The van der Waals surface area contributed by atoms with Crippen LogP contribution in [0.15, 0.2) is 18.2 Å². The van der Waals surface area contributed by atoms with Crippen LogP contribution < -0.4 is 15.4 Å². The van der Waals surface area contributed by atoms with E-state index in [1.807, 2.05) is 0 Å². The number of aliphatic hydroxyl groups excluding tert-OH is 1. The summed E-state index contributed by atoms with van der Waals surface area (Å²) in [7, 11) is 0. The summed E-state index contributed by atoms with van der Waals surface area (Å²) in [5.41, 5.74) is 1.03. The van der Waals surface area contributed by atoms with Crippen molar-refractivity contribution in [3.8, 4) is 5.75 Å². The van der Waals surface area contributed by atoms with E-state index in [0.29, 0.717) is 30.0 Å². The highest BCUT2D eigenvalue weighted by molar-refractivity contribution is 5.98. The highest BCUT2D eigenvalue weighted by atomic mass is 16.5. The van der Waals surface area contributed by atoms with Crippen molar-refractivity contribution in [2.45, 2.75) is 6.42 Å². The van der Waals surface area contributed by atoms with Crippen molar-refractivity contribution in [2.24, 2.45) is 0 Å². The van der Waals surface area contributed by atoms with Gasteiger partial charge in [-0.15, -0.1) is 0 Å². The molecule has 6 nitrogen and oxygen atoms in total. The van der Waals surface area contributed by atoms with Crippen LogP contribution in [-0.4, -0.2) is 36.7 Å². The van der Waals surface area contributed by atoms with Gasteiger partial charge < -0.3 is 20.5 Å². The number of benzene rings is 1. The Morgan fingerprint density at radius 1 is 1.50 bits per heavy atom. The first-order chi connectivity index (χ1) is 8.70. The lowest BCUT2D eigenvalue weighted by Crippen LogP contribution is -2.27. The number of rotatable bonds is 4.